The van der Waals surface area contributed by atoms with Crippen molar-refractivity contribution in [3.05, 3.63) is 16.4 Å². The number of aromatic nitrogens is 2. The first-order chi connectivity index (χ1) is 8.76. The zero-order valence-electron chi connectivity index (χ0n) is 11.2. The lowest BCUT2D eigenvalue weighted by Gasteiger charge is -2.03. The van der Waals surface area contributed by atoms with Gasteiger partial charge < -0.3 is 9.72 Å². The molecule has 0 fully saturated rings. The number of nitrogens with zero attached hydrogens (tertiary/aromatic N) is 1. The van der Waals surface area contributed by atoms with Crippen molar-refractivity contribution in [3.8, 4) is 5.88 Å². The van der Waals surface area contributed by atoms with E-state index in [0.717, 1.165) is 12.2 Å². The van der Waals surface area contributed by atoms with Crippen LogP contribution in [0.2, 0.25) is 0 Å². The van der Waals surface area contributed by atoms with Gasteiger partial charge in [0.1, 0.15) is 0 Å². The minimum Gasteiger partial charge on any atom is -0.481 e. The molecule has 1 heterocycles. The lowest BCUT2D eigenvalue weighted by molar-refractivity contribution is 0.391. The smallest absolute Gasteiger partial charge is 0.255 e. The van der Waals surface area contributed by atoms with Crippen molar-refractivity contribution in [3.63, 3.8) is 0 Å². The number of unbranched alkanes of at least 4 members (excludes halogenated alkanes) is 5. The van der Waals surface area contributed by atoms with Gasteiger partial charge in [-0.3, -0.25) is 4.79 Å². The molecule has 0 spiro atoms. The number of methoxy groups -OCH3 is 1. The zero-order valence-corrected chi connectivity index (χ0v) is 12.0. The van der Waals surface area contributed by atoms with Crippen LogP contribution < -0.4 is 10.3 Å². The van der Waals surface area contributed by atoms with E-state index < -0.39 is 0 Å². The van der Waals surface area contributed by atoms with Crippen molar-refractivity contribution in [2.75, 3.05) is 12.9 Å². The molecule has 0 aliphatic heterocycles. The van der Waals surface area contributed by atoms with Crippen LogP contribution in [0.4, 0.5) is 0 Å². The molecule has 0 aliphatic rings. The van der Waals surface area contributed by atoms with Gasteiger partial charge in [0.25, 0.3) is 5.56 Å². The molecule has 0 aromatic carbocycles. The van der Waals surface area contributed by atoms with Crippen molar-refractivity contribution in [1.82, 2.24) is 9.97 Å². The van der Waals surface area contributed by atoms with Crippen LogP contribution in [0.1, 0.15) is 45.4 Å². The van der Waals surface area contributed by atoms with Crippen LogP contribution in [0.15, 0.2) is 16.0 Å². The van der Waals surface area contributed by atoms with Crippen molar-refractivity contribution in [2.24, 2.45) is 0 Å². The topological polar surface area (TPSA) is 55.0 Å². The summed E-state index contributed by atoms with van der Waals surface area (Å²) in [5, 5.41) is 0.646. The number of thioether (sulfide) groups is 1. The zero-order chi connectivity index (χ0) is 13.2. The summed E-state index contributed by atoms with van der Waals surface area (Å²) in [5.41, 5.74) is -0.160. The molecule has 1 aromatic rings. The predicted molar refractivity (Wildman–Crippen MR) is 75.5 cm³/mol. The second-order valence-corrected chi connectivity index (χ2v) is 5.29. The van der Waals surface area contributed by atoms with E-state index in [1.807, 2.05) is 0 Å². The molecule has 1 N–H and O–H groups in total. The molecular formula is C13H22N2O2S. The van der Waals surface area contributed by atoms with E-state index in [1.54, 1.807) is 11.8 Å². The molecule has 0 unspecified atom stereocenters. The van der Waals surface area contributed by atoms with Gasteiger partial charge in [0, 0.05) is 5.75 Å². The Bertz CT molecular complexity index is 393. The summed E-state index contributed by atoms with van der Waals surface area (Å²) >= 11 is 1.58. The monoisotopic (exact) mass is 270 g/mol. The van der Waals surface area contributed by atoms with Gasteiger partial charge in [0.2, 0.25) is 5.88 Å². The number of aromatic amines is 1. The summed E-state index contributed by atoms with van der Waals surface area (Å²) in [5.74, 6) is 1.37. The van der Waals surface area contributed by atoms with Crippen LogP contribution in [0.25, 0.3) is 0 Å². The maximum atomic E-state index is 11.3. The molecule has 18 heavy (non-hydrogen) atoms. The summed E-state index contributed by atoms with van der Waals surface area (Å²) in [6.07, 6.45) is 7.66. The molecule has 1 rings (SSSR count). The van der Waals surface area contributed by atoms with E-state index >= 15 is 0 Å². The van der Waals surface area contributed by atoms with Crippen LogP contribution >= 0.6 is 11.8 Å². The third-order valence-electron chi connectivity index (χ3n) is 2.64. The van der Waals surface area contributed by atoms with E-state index in [2.05, 4.69) is 16.9 Å². The number of hydrogen-bond acceptors (Lipinski definition) is 4. The molecule has 102 valence electrons. The number of H-pyrrole nitrogens is 1. The highest BCUT2D eigenvalue weighted by Crippen LogP contribution is 2.16. The quantitative estimate of drug-likeness (QED) is 0.425. The van der Waals surface area contributed by atoms with Crippen LogP contribution in [0, 0.1) is 0 Å². The first-order valence-electron chi connectivity index (χ1n) is 6.54. The van der Waals surface area contributed by atoms with Gasteiger partial charge in [-0.05, 0) is 6.42 Å². The maximum Gasteiger partial charge on any atom is 0.255 e. The summed E-state index contributed by atoms with van der Waals surface area (Å²) in [7, 11) is 1.52. The summed E-state index contributed by atoms with van der Waals surface area (Å²) in [6, 6.07) is 1.36. The van der Waals surface area contributed by atoms with Gasteiger partial charge in [0.05, 0.1) is 13.2 Å². The van der Waals surface area contributed by atoms with Crippen LogP contribution in [-0.4, -0.2) is 22.8 Å². The summed E-state index contributed by atoms with van der Waals surface area (Å²) in [6.45, 7) is 2.22. The van der Waals surface area contributed by atoms with E-state index in [1.165, 1.54) is 45.3 Å². The fourth-order valence-corrected chi connectivity index (χ4v) is 2.51. The molecule has 4 nitrogen and oxygen atoms in total. The second-order valence-electron chi connectivity index (χ2n) is 4.21. The van der Waals surface area contributed by atoms with Crippen LogP contribution in [0.5, 0.6) is 5.88 Å². The molecule has 0 bridgehead atoms. The van der Waals surface area contributed by atoms with Crippen LogP contribution in [-0.2, 0) is 0 Å². The summed E-state index contributed by atoms with van der Waals surface area (Å²) < 4.78 is 4.96. The Morgan fingerprint density at radius 1 is 1.28 bits per heavy atom. The van der Waals surface area contributed by atoms with Crippen molar-refractivity contribution < 1.29 is 4.74 Å². The highest BCUT2D eigenvalue weighted by molar-refractivity contribution is 7.99. The Balaban J connectivity index is 2.23. The minimum atomic E-state index is -0.160. The summed E-state index contributed by atoms with van der Waals surface area (Å²) in [4.78, 5) is 18.2. The first kappa shape index (κ1) is 15.1. The first-order valence-corrected chi connectivity index (χ1v) is 7.53. The number of nitrogens with one attached hydrogen (secondary N) is 1. The molecule has 5 heteroatoms. The number of hydrogen-bond donors (Lipinski definition) is 1. The Morgan fingerprint density at radius 3 is 2.72 bits per heavy atom. The predicted octanol–water partition coefficient (Wildman–Crippen LogP) is 3.23. The van der Waals surface area contributed by atoms with E-state index in [-0.39, 0.29) is 5.56 Å². The van der Waals surface area contributed by atoms with Crippen molar-refractivity contribution in [1.29, 1.82) is 0 Å². The van der Waals surface area contributed by atoms with Gasteiger partial charge in [-0.2, -0.15) is 4.98 Å². The highest BCUT2D eigenvalue weighted by atomic mass is 32.2. The maximum absolute atomic E-state index is 11.3. The average molecular weight is 270 g/mol. The highest BCUT2D eigenvalue weighted by Gasteiger charge is 2.01. The van der Waals surface area contributed by atoms with Gasteiger partial charge >= 0.3 is 0 Å². The second kappa shape index (κ2) is 9.03. The third-order valence-corrected chi connectivity index (χ3v) is 3.60. The molecule has 0 aliphatic carbocycles. The molecular weight excluding hydrogens is 248 g/mol. The molecule has 0 amide bonds. The number of ether oxygens (including phenoxy) is 1. The Hall–Kier alpha value is -0.970. The Labute approximate surface area is 113 Å². The Morgan fingerprint density at radius 2 is 2.00 bits per heavy atom. The van der Waals surface area contributed by atoms with E-state index in [9.17, 15) is 4.79 Å². The lowest BCUT2D eigenvalue weighted by atomic mass is 10.1. The van der Waals surface area contributed by atoms with Gasteiger partial charge in [0.15, 0.2) is 5.16 Å². The standard InChI is InChI=1S/C13H22N2O2S/c1-3-4-5-6-7-8-9-18-13-14-11(16)10-12(15-13)17-2/h10H,3-9H2,1-2H3,(H,14,15,16). The lowest BCUT2D eigenvalue weighted by Crippen LogP contribution is -2.08. The largest absolute Gasteiger partial charge is 0.481 e. The molecule has 0 atom stereocenters. The third kappa shape index (κ3) is 6.10. The molecule has 0 saturated heterocycles. The fraction of sp³-hybridized carbons (Fsp3) is 0.692. The molecule has 1 aromatic heterocycles. The van der Waals surface area contributed by atoms with E-state index in [4.69, 9.17) is 4.74 Å². The van der Waals surface area contributed by atoms with Crippen molar-refractivity contribution in [2.45, 2.75) is 50.6 Å². The van der Waals surface area contributed by atoms with Gasteiger partial charge in [-0.1, -0.05) is 50.8 Å². The Kier molecular flexibility index (Phi) is 7.57. The molecule has 0 saturated carbocycles. The van der Waals surface area contributed by atoms with Crippen molar-refractivity contribution >= 4 is 11.8 Å². The van der Waals surface area contributed by atoms with Gasteiger partial charge in [-0.25, -0.2) is 0 Å². The van der Waals surface area contributed by atoms with Gasteiger partial charge in [-0.15, -0.1) is 0 Å². The minimum absolute atomic E-state index is 0.160. The number of rotatable bonds is 9. The SMILES string of the molecule is CCCCCCCCSc1nc(OC)cc(=O)[nH]1. The van der Waals surface area contributed by atoms with Crippen LogP contribution in [0.3, 0.4) is 0 Å². The van der Waals surface area contributed by atoms with E-state index in [0.29, 0.717) is 11.0 Å². The fourth-order valence-electron chi connectivity index (χ4n) is 1.64. The average Bonchev–Trinajstić information content (AvgIpc) is 2.37. The molecule has 0 radical (unpaired) electrons. The normalized spacial score (nSPS) is 10.6.